The van der Waals surface area contributed by atoms with E-state index in [-0.39, 0.29) is 0 Å². The van der Waals surface area contributed by atoms with Gasteiger partial charge in [0.05, 0.1) is 10.0 Å². The van der Waals surface area contributed by atoms with Crippen LogP contribution in [0.15, 0.2) is 58.1 Å². The number of benzene rings is 2. The molecule has 3 aromatic rings. The van der Waals surface area contributed by atoms with Gasteiger partial charge in [-0.25, -0.2) is 0 Å². The second-order valence-corrected chi connectivity index (χ2v) is 6.49. The quantitative estimate of drug-likeness (QED) is 0.550. The van der Waals surface area contributed by atoms with Crippen molar-refractivity contribution in [2.75, 3.05) is 0 Å². The highest BCUT2D eigenvalue weighted by Gasteiger charge is 2.18. The van der Waals surface area contributed by atoms with Crippen LogP contribution in [0.5, 0.6) is 0 Å². The van der Waals surface area contributed by atoms with E-state index in [0.29, 0.717) is 37.7 Å². The molecular weight excluding hydrogens is 351 g/mol. The predicted octanol–water partition coefficient (Wildman–Crippen LogP) is 5.81. The molecule has 114 valence electrons. The number of hydrogen-bond acceptors (Lipinski definition) is 4. The summed E-state index contributed by atoms with van der Waals surface area (Å²) in [6, 6.07) is 17.2. The fourth-order valence-electron chi connectivity index (χ4n) is 2.03. The Morgan fingerprint density at radius 1 is 1.09 bits per heavy atom. The van der Waals surface area contributed by atoms with Crippen LogP contribution in [0.4, 0.5) is 0 Å². The number of halogens is 2. The SMILES string of the molecule is N#Cc1c(SCc2ccccc2)noc1-c1ccc(Cl)c(Cl)c1. The summed E-state index contributed by atoms with van der Waals surface area (Å²) in [5, 5.41) is 14.9. The predicted molar refractivity (Wildman–Crippen MR) is 92.7 cm³/mol. The van der Waals surface area contributed by atoms with E-state index in [1.165, 1.54) is 11.8 Å². The minimum absolute atomic E-state index is 0.404. The molecule has 1 aromatic heterocycles. The molecule has 0 fully saturated rings. The van der Waals surface area contributed by atoms with Gasteiger partial charge in [0.1, 0.15) is 11.6 Å². The number of hydrogen-bond donors (Lipinski definition) is 0. The van der Waals surface area contributed by atoms with Crippen LogP contribution in [-0.4, -0.2) is 5.16 Å². The maximum absolute atomic E-state index is 9.45. The summed E-state index contributed by atoms with van der Waals surface area (Å²) in [6.07, 6.45) is 0. The molecule has 0 bridgehead atoms. The largest absolute Gasteiger partial charge is 0.354 e. The molecule has 0 spiro atoms. The third kappa shape index (κ3) is 3.53. The Balaban J connectivity index is 1.88. The van der Waals surface area contributed by atoms with Gasteiger partial charge in [0.2, 0.25) is 0 Å². The molecule has 3 nitrogen and oxygen atoms in total. The fraction of sp³-hybridized carbons (Fsp3) is 0.0588. The Kier molecular flexibility index (Phi) is 4.92. The lowest BCUT2D eigenvalue weighted by atomic mass is 10.1. The minimum Gasteiger partial charge on any atom is -0.354 e. The standard InChI is InChI=1S/C17H10Cl2N2OS/c18-14-7-6-12(8-15(14)19)16-13(9-20)17(21-22-16)23-10-11-4-2-1-3-5-11/h1-8H,10H2. The molecule has 0 aliphatic rings. The first-order valence-electron chi connectivity index (χ1n) is 6.71. The van der Waals surface area contributed by atoms with E-state index in [2.05, 4.69) is 11.2 Å². The third-order valence-corrected chi connectivity index (χ3v) is 4.94. The molecule has 0 aliphatic carbocycles. The van der Waals surface area contributed by atoms with Gasteiger partial charge in [-0.3, -0.25) is 0 Å². The molecular formula is C17H10Cl2N2OS. The van der Waals surface area contributed by atoms with Crippen LogP contribution < -0.4 is 0 Å². The first kappa shape index (κ1) is 15.9. The zero-order chi connectivity index (χ0) is 16.2. The topological polar surface area (TPSA) is 49.8 Å². The van der Waals surface area contributed by atoms with E-state index in [1.54, 1.807) is 18.2 Å². The van der Waals surface area contributed by atoms with Crippen LogP contribution in [0.2, 0.25) is 10.0 Å². The molecule has 1 heterocycles. The Labute approximate surface area is 147 Å². The summed E-state index contributed by atoms with van der Waals surface area (Å²) in [5.41, 5.74) is 2.24. The highest BCUT2D eigenvalue weighted by Crippen LogP contribution is 2.35. The van der Waals surface area contributed by atoms with Crippen LogP contribution in [0.3, 0.4) is 0 Å². The van der Waals surface area contributed by atoms with Gasteiger partial charge in [-0.05, 0) is 23.8 Å². The lowest BCUT2D eigenvalue weighted by Gasteiger charge is -2.00. The van der Waals surface area contributed by atoms with Crippen LogP contribution in [0.1, 0.15) is 11.1 Å². The molecule has 0 aliphatic heterocycles. The Hall–Kier alpha value is -1.93. The normalized spacial score (nSPS) is 10.5. The molecule has 0 amide bonds. The van der Waals surface area contributed by atoms with Crippen LogP contribution in [-0.2, 0) is 5.75 Å². The van der Waals surface area contributed by atoms with Gasteiger partial charge in [0, 0.05) is 11.3 Å². The van der Waals surface area contributed by atoms with Crippen molar-refractivity contribution >= 4 is 35.0 Å². The highest BCUT2D eigenvalue weighted by molar-refractivity contribution is 7.98. The smallest absolute Gasteiger partial charge is 0.185 e. The molecule has 0 saturated carbocycles. The first-order valence-corrected chi connectivity index (χ1v) is 8.45. The first-order chi connectivity index (χ1) is 11.2. The lowest BCUT2D eigenvalue weighted by molar-refractivity contribution is 0.415. The van der Waals surface area contributed by atoms with Crippen LogP contribution in [0.25, 0.3) is 11.3 Å². The maximum Gasteiger partial charge on any atom is 0.185 e. The van der Waals surface area contributed by atoms with Gasteiger partial charge in [0.15, 0.2) is 10.8 Å². The van der Waals surface area contributed by atoms with E-state index in [4.69, 9.17) is 27.7 Å². The summed E-state index contributed by atoms with van der Waals surface area (Å²) in [6.45, 7) is 0. The number of nitrogens with zero attached hydrogens (tertiary/aromatic N) is 2. The fourth-order valence-corrected chi connectivity index (χ4v) is 3.20. The molecule has 2 aromatic carbocycles. The number of rotatable bonds is 4. The lowest BCUT2D eigenvalue weighted by Crippen LogP contribution is -1.84. The van der Waals surface area contributed by atoms with Crippen molar-refractivity contribution in [3.8, 4) is 17.4 Å². The maximum atomic E-state index is 9.45. The molecule has 23 heavy (non-hydrogen) atoms. The van der Waals surface area contributed by atoms with Crippen molar-refractivity contribution in [2.24, 2.45) is 0 Å². The second-order valence-electron chi connectivity index (χ2n) is 4.71. The summed E-state index contributed by atoms with van der Waals surface area (Å²) < 4.78 is 5.36. The van der Waals surface area contributed by atoms with Gasteiger partial charge < -0.3 is 4.52 Å². The summed E-state index contributed by atoms with van der Waals surface area (Å²) in [5.74, 6) is 1.12. The minimum atomic E-state index is 0.404. The van der Waals surface area contributed by atoms with Crippen molar-refractivity contribution in [1.29, 1.82) is 5.26 Å². The van der Waals surface area contributed by atoms with Crippen LogP contribution >= 0.6 is 35.0 Å². The molecule has 3 rings (SSSR count). The Morgan fingerprint density at radius 3 is 2.57 bits per heavy atom. The second kappa shape index (κ2) is 7.10. The van der Waals surface area contributed by atoms with Crippen molar-refractivity contribution in [2.45, 2.75) is 10.8 Å². The molecule has 0 saturated heterocycles. The number of aromatic nitrogens is 1. The van der Waals surface area contributed by atoms with E-state index >= 15 is 0 Å². The molecule has 0 atom stereocenters. The Bertz CT molecular complexity index is 872. The molecule has 0 N–H and O–H groups in total. The monoisotopic (exact) mass is 360 g/mol. The van der Waals surface area contributed by atoms with Gasteiger partial charge in [0.25, 0.3) is 0 Å². The van der Waals surface area contributed by atoms with Gasteiger partial charge in [-0.1, -0.05) is 70.5 Å². The summed E-state index contributed by atoms with van der Waals surface area (Å²) >= 11 is 13.4. The average molecular weight is 361 g/mol. The number of nitriles is 1. The zero-order valence-corrected chi connectivity index (χ0v) is 14.1. The van der Waals surface area contributed by atoms with Gasteiger partial charge in [-0.15, -0.1) is 0 Å². The highest BCUT2D eigenvalue weighted by atomic mass is 35.5. The van der Waals surface area contributed by atoms with Crippen molar-refractivity contribution in [3.63, 3.8) is 0 Å². The van der Waals surface area contributed by atoms with E-state index in [0.717, 1.165) is 5.56 Å². The van der Waals surface area contributed by atoms with Crippen LogP contribution in [0, 0.1) is 11.3 Å². The average Bonchev–Trinajstić information content (AvgIpc) is 2.99. The summed E-state index contributed by atoms with van der Waals surface area (Å²) in [7, 11) is 0. The summed E-state index contributed by atoms with van der Waals surface area (Å²) in [4.78, 5) is 0. The molecule has 0 unspecified atom stereocenters. The van der Waals surface area contributed by atoms with Crippen molar-refractivity contribution in [3.05, 3.63) is 69.7 Å². The zero-order valence-electron chi connectivity index (χ0n) is 11.8. The Morgan fingerprint density at radius 2 is 1.87 bits per heavy atom. The van der Waals surface area contributed by atoms with Gasteiger partial charge >= 0.3 is 0 Å². The van der Waals surface area contributed by atoms with Crippen molar-refractivity contribution in [1.82, 2.24) is 5.16 Å². The third-order valence-electron chi connectivity index (χ3n) is 3.17. The van der Waals surface area contributed by atoms with E-state index < -0.39 is 0 Å². The van der Waals surface area contributed by atoms with E-state index in [9.17, 15) is 5.26 Å². The van der Waals surface area contributed by atoms with Gasteiger partial charge in [-0.2, -0.15) is 5.26 Å². The molecule has 6 heteroatoms. The van der Waals surface area contributed by atoms with E-state index in [1.807, 2.05) is 30.3 Å². The molecule has 0 radical (unpaired) electrons. The van der Waals surface area contributed by atoms with Crippen molar-refractivity contribution < 1.29 is 4.52 Å². The number of thioether (sulfide) groups is 1.